The third-order valence-corrected chi connectivity index (χ3v) is 2.04. The van der Waals surface area contributed by atoms with Gasteiger partial charge in [0.25, 0.3) is 0 Å². The van der Waals surface area contributed by atoms with E-state index in [-0.39, 0.29) is 24.6 Å². The molecule has 2 atom stereocenters. The van der Waals surface area contributed by atoms with Crippen LogP contribution < -0.4 is 0 Å². The molecule has 0 bridgehead atoms. The molecular formula is C12H20O6. The second-order valence-electron chi connectivity index (χ2n) is 4.02. The average molecular weight is 260 g/mol. The summed E-state index contributed by atoms with van der Waals surface area (Å²) in [6.45, 7) is 5.80. The van der Waals surface area contributed by atoms with Crippen molar-refractivity contribution in [2.45, 2.75) is 52.7 Å². The zero-order valence-electron chi connectivity index (χ0n) is 11.2. The fourth-order valence-corrected chi connectivity index (χ4v) is 1.50. The predicted molar refractivity (Wildman–Crippen MR) is 62.6 cm³/mol. The first-order chi connectivity index (χ1) is 8.31. The molecule has 0 saturated heterocycles. The molecule has 2 unspecified atom stereocenters. The number of carbonyl (C=O) groups is 3. The van der Waals surface area contributed by atoms with Crippen LogP contribution in [0.25, 0.3) is 0 Å². The van der Waals surface area contributed by atoms with Crippen LogP contribution in [-0.2, 0) is 28.6 Å². The van der Waals surface area contributed by atoms with Gasteiger partial charge in [-0.05, 0) is 6.92 Å². The van der Waals surface area contributed by atoms with Crippen LogP contribution in [0.2, 0.25) is 0 Å². The predicted octanol–water partition coefficient (Wildman–Crippen LogP) is 1.21. The van der Waals surface area contributed by atoms with Crippen LogP contribution in [0.4, 0.5) is 0 Å². The lowest BCUT2D eigenvalue weighted by molar-refractivity contribution is -0.153. The molecule has 6 heteroatoms. The molecule has 0 saturated carbocycles. The van der Waals surface area contributed by atoms with E-state index in [2.05, 4.69) is 0 Å². The lowest BCUT2D eigenvalue weighted by Gasteiger charge is -2.20. The summed E-state index contributed by atoms with van der Waals surface area (Å²) in [6.07, 6.45) is -0.0362. The molecule has 0 radical (unpaired) electrons. The Kier molecular flexibility index (Phi) is 7.74. The lowest BCUT2D eigenvalue weighted by Crippen LogP contribution is -2.25. The van der Waals surface area contributed by atoms with Crippen LogP contribution in [0.5, 0.6) is 0 Å². The molecular weight excluding hydrogens is 240 g/mol. The summed E-state index contributed by atoms with van der Waals surface area (Å²) in [7, 11) is 0. The van der Waals surface area contributed by atoms with Crippen molar-refractivity contribution in [3.8, 4) is 0 Å². The first-order valence-electron chi connectivity index (χ1n) is 5.79. The Morgan fingerprint density at radius 2 is 1.50 bits per heavy atom. The monoisotopic (exact) mass is 260 g/mol. The van der Waals surface area contributed by atoms with E-state index >= 15 is 0 Å². The number of hydrogen-bond donors (Lipinski definition) is 0. The number of ether oxygens (including phenoxy) is 3. The highest BCUT2D eigenvalue weighted by molar-refractivity contribution is 5.67. The SMILES string of the molecule is CC(=O)OCCC(CC(C)OC(C)=O)OC(C)=O. The van der Waals surface area contributed by atoms with Crippen LogP contribution in [0.1, 0.15) is 40.5 Å². The maximum Gasteiger partial charge on any atom is 0.302 e. The summed E-state index contributed by atoms with van der Waals surface area (Å²) in [5.41, 5.74) is 0. The third-order valence-electron chi connectivity index (χ3n) is 2.04. The minimum atomic E-state index is -0.434. The van der Waals surface area contributed by atoms with Gasteiger partial charge < -0.3 is 14.2 Å². The van der Waals surface area contributed by atoms with Gasteiger partial charge in [-0.25, -0.2) is 0 Å². The second-order valence-corrected chi connectivity index (χ2v) is 4.02. The van der Waals surface area contributed by atoms with E-state index in [9.17, 15) is 14.4 Å². The summed E-state index contributed by atoms with van der Waals surface area (Å²) in [5.74, 6) is -1.19. The quantitative estimate of drug-likeness (QED) is 0.505. The fraction of sp³-hybridized carbons (Fsp3) is 0.750. The first kappa shape index (κ1) is 16.4. The highest BCUT2D eigenvalue weighted by atomic mass is 16.6. The summed E-state index contributed by atoms with van der Waals surface area (Å²) in [6, 6.07) is 0. The maximum atomic E-state index is 10.9. The van der Waals surface area contributed by atoms with Crippen molar-refractivity contribution in [3.05, 3.63) is 0 Å². The first-order valence-corrected chi connectivity index (χ1v) is 5.79. The summed E-state index contributed by atoms with van der Waals surface area (Å²) in [5, 5.41) is 0. The normalized spacial score (nSPS) is 13.3. The third kappa shape index (κ3) is 9.62. The van der Waals surface area contributed by atoms with Crippen molar-refractivity contribution in [1.82, 2.24) is 0 Å². The molecule has 0 fully saturated rings. The van der Waals surface area contributed by atoms with Gasteiger partial charge in [-0.1, -0.05) is 0 Å². The van der Waals surface area contributed by atoms with E-state index in [0.717, 1.165) is 0 Å². The molecule has 0 aliphatic rings. The Bertz CT molecular complexity index is 299. The van der Waals surface area contributed by atoms with Gasteiger partial charge in [-0.15, -0.1) is 0 Å². The van der Waals surface area contributed by atoms with Gasteiger partial charge in [0.1, 0.15) is 12.2 Å². The van der Waals surface area contributed by atoms with Gasteiger partial charge in [0.2, 0.25) is 0 Å². The Balaban J connectivity index is 4.16. The molecule has 0 aromatic carbocycles. The van der Waals surface area contributed by atoms with Gasteiger partial charge in [-0.2, -0.15) is 0 Å². The average Bonchev–Trinajstić information content (AvgIpc) is 2.13. The van der Waals surface area contributed by atoms with E-state index in [0.29, 0.717) is 12.8 Å². The molecule has 0 aromatic rings. The van der Waals surface area contributed by atoms with Crippen molar-refractivity contribution in [2.24, 2.45) is 0 Å². The van der Waals surface area contributed by atoms with Crippen LogP contribution in [-0.4, -0.2) is 36.7 Å². The van der Waals surface area contributed by atoms with E-state index < -0.39 is 12.1 Å². The molecule has 0 rings (SSSR count). The molecule has 0 aliphatic heterocycles. The number of rotatable bonds is 7. The van der Waals surface area contributed by atoms with Crippen molar-refractivity contribution in [2.75, 3.05) is 6.61 Å². The van der Waals surface area contributed by atoms with Gasteiger partial charge >= 0.3 is 17.9 Å². The van der Waals surface area contributed by atoms with Crippen LogP contribution in [0.15, 0.2) is 0 Å². The van der Waals surface area contributed by atoms with Crippen molar-refractivity contribution in [3.63, 3.8) is 0 Å². The Hall–Kier alpha value is -1.59. The van der Waals surface area contributed by atoms with E-state index in [4.69, 9.17) is 14.2 Å². The summed E-state index contributed by atoms with van der Waals surface area (Å²) >= 11 is 0. The second kappa shape index (κ2) is 8.49. The van der Waals surface area contributed by atoms with Crippen molar-refractivity contribution >= 4 is 17.9 Å². The largest absolute Gasteiger partial charge is 0.466 e. The fourth-order valence-electron chi connectivity index (χ4n) is 1.50. The minimum absolute atomic E-state index is 0.167. The summed E-state index contributed by atoms with van der Waals surface area (Å²) in [4.78, 5) is 32.3. The van der Waals surface area contributed by atoms with Crippen molar-refractivity contribution < 1.29 is 28.6 Å². The Morgan fingerprint density at radius 1 is 0.944 bits per heavy atom. The highest BCUT2D eigenvalue weighted by Gasteiger charge is 2.18. The van der Waals surface area contributed by atoms with Gasteiger partial charge in [-0.3, -0.25) is 14.4 Å². The van der Waals surface area contributed by atoms with E-state index in [1.165, 1.54) is 20.8 Å². The van der Waals surface area contributed by atoms with E-state index in [1.807, 2.05) is 0 Å². The lowest BCUT2D eigenvalue weighted by atomic mass is 10.1. The molecule has 6 nitrogen and oxygen atoms in total. The van der Waals surface area contributed by atoms with Gasteiger partial charge in [0.05, 0.1) is 6.61 Å². The zero-order valence-corrected chi connectivity index (χ0v) is 11.2. The number of hydrogen-bond acceptors (Lipinski definition) is 6. The van der Waals surface area contributed by atoms with Crippen LogP contribution in [0.3, 0.4) is 0 Å². The van der Waals surface area contributed by atoms with Gasteiger partial charge in [0.15, 0.2) is 0 Å². The molecule has 18 heavy (non-hydrogen) atoms. The Morgan fingerprint density at radius 3 is 1.94 bits per heavy atom. The summed E-state index contributed by atoms with van der Waals surface area (Å²) < 4.78 is 14.8. The molecule has 0 spiro atoms. The topological polar surface area (TPSA) is 78.9 Å². The molecule has 104 valence electrons. The highest BCUT2D eigenvalue weighted by Crippen LogP contribution is 2.11. The molecule has 0 heterocycles. The zero-order chi connectivity index (χ0) is 14.1. The maximum absolute atomic E-state index is 10.9. The number of carbonyl (C=O) groups excluding carboxylic acids is 3. The molecule has 0 aliphatic carbocycles. The standard InChI is InChI=1S/C12H20O6/c1-8(17-10(3)14)7-12(18-11(4)15)5-6-16-9(2)13/h8,12H,5-7H2,1-4H3. The van der Waals surface area contributed by atoms with E-state index in [1.54, 1.807) is 6.92 Å². The smallest absolute Gasteiger partial charge is 0.302 e. The van der Waals surface area contributed by atoms with Crippen LogP contribution in [0, 0.1) is 0 Å². The van der Waals surface area contributed by atoms with Crippen LogP contribution >= 0.6 is 0 Å². The van der Waals surface area contributed by atoms with Gasteiger partial charge in [0, 0.05) is 33.6 Å². The molecule has 0 aromatic heterocycles. The van der Waals surface area contributed by atoms with Crippen molar-refractivity contribution in [1.29, 1.82) is 0 Å². The molecule has 0 amide bonds. The number of esters is 3. The molecule has 0 N–H and O–H groups in total. The Labute approximate surface area is 107 Å². The minimum Gasteiger partial charge on any atom is -0.466 e.